The largest absolute Gasteiger partial charge is 0.393 e. The number of carbonyl (C=O) groups excluding carboxylic acids is 1. The number of aliphatic hydroxyl groups is 1. The van der Waals surface area contributed by atoms with Crippen LogP contribution in [0.25, 0.3) is 27.1 Å². The van der Waals surface area contributed by atoms with Crippen LogP contribution in [0.2, 0.25) is 0 Å². The maximum atomic E-state index is 13.0. The van der Waals surface area contributed by atoms with Crippen molar-refractivity contribution >= 4 is 33.1 Å². The highest BCUT2D eigenvalue weighted by Gasteiger charge is 2.26. The van der Waals surface area contributed by atoms with Gasteiger partial charge >= 0.3 is 0 Å². The van der Waals surface area contributed by atoms with Gasteiger partial charge in [0.25, 0.3) is 5.91 Å². The Kier molecular flexibility index (Phi) is 4.63. The van der Waals surface area contributed by atoms with Crippen LogP contribution in [0.3, 0.4) is 0 Å². The molecule has 5 heterocycles. The molecule has 1 amide bonds. The molecule has 5 rings (SSSR count). The smallest absolute Gasteiger partial charge is 0.264 e. The molecule has 0 atom stereocenters. The summed E-state index contributed by atoms with van der Waals surface area (Å²) >= 11 is 1.56. The van der Waals surface area contributed by atoms with Crippen molar-refractivity contribution in [2.75, 3.05) is 13.1 Å². The number of likely N-dealkylation sites (tertiary alicyclic amines) is 1. The third kappa shape index (κ3) is 3.11. The first kappa shape index (κ1) is 19.3. The van der Waals surface area contributed by atoms with Crippen molar-refractivity contribution in [3.05, 3.63) is 40.7 Å². The predicted molar refractivity (Wildman–Crippen MR) is 118 cm³/mol. The third-order valence-corrected chi connectivity index (χ3v) is 7.05. The highest BCUT2D eigenvalue weighted by Crippen LogP contribution is 2.40. The van der Waals surface area contributed by atoms with E-state index < -0.39 is 0 Å². The fraction of sp³-hybridized carbons (Fsp3) is 0.409. The van der Waals surface area contributed by atoms with Crippen molar-refractivity contribution in [1.29, 1.82) is 0 Å². The Morgan fingerprint density at radius 3 is 2.80 bits per heavy atom. The van der Waals surface area contributed by atoms with E-state index in [-0.39, 0.29) is 12.0 Å². The quantitative estimate of drug-likeness (QED) is 0.522. The second-order valence-corrected chi connectivity index (χ2v) is 9.44. The molecule has 30 heavy (non-hydrogen) atoms. The average Bonchev–Trinajstić information content (AvgIpc) is 3.41. The number of rotatable bonds is 3. The summed E-state index contributed by atoms with van der Waals surface area (Å²) in [6, 6.07) is 4.11. The van der Waals surface area contributed by atoms with Crippen molar-refractivity contribution in [2.45, 2.75) is 45.6 Å². The van der Waals surface area contributed by atoms with Gasteiger partial charge in [-0.15, -0.1) is 11.3 Å². The normalized spacial score (nSPS) is 15.7. The molecule has 0 bridgehead atoms. The van der Waals surface area contributed by atoms with Crippen LogP contribution < -0.4 is 0 Å². The number of pyridine rings is 1. The number of aromatic nitrogens is 4. The molecule has 1 aliphatic heterocycles. The standard InChI is InChI=1S/C22H25N5O2S/c1-12(2)18-19(14-8-13(3)21-23-11-24-27(21)10-14)25-16-9-17(30-20(16)18)22(29)26-6-4-15(28)5-7-26/h8-12,15,25,28H,4-7H2,1-3H3. The Morgan fingerprint density at radius 2 is 2.07 bits per heavy atom. The van der Waals surface area contributed by atoms with Gasteiger partial charge < -0.3 is 15.0 Å². The highest BCUT2D eigenvalue weighted by molar-refractivity contribution is 7.21. The van der Waals surface area contributed by atoms with Gasteiger partial charge in [0.15, 0.2) is 5.65 Å². The molecule has 0 unspecified atom stereocenters. The molecule has 1 aliphatic rings. The summed E-state index contributed by atoms with van der Waals surface area (Å²) in [6.07, 6.45) is 4.59. The van der Waals surface area contributed by atoms with E-state index in [1.54, 1.807) is 17.7 Å². The van der Waals surface area contributed by atoms with Gasteiger partial charge in [-0.05, 0) is 48.9 Å². The van der Waals surface area contributed by atoms with E-state index in [0.29, 0.717) is 31.8 Å². The number of hydrogen-bond acceptors (Lipinski definition) is 5. The minimum atomic E-state index is -0.284. The number of amides is 1. The molecule has 0 radical (unpaired) electrons. The zero-order valence-corrected chi connectivity index (χ0v) is 18.2. The number of nitrogens with one attached hydrogen (secondary N) is 1. The molecular formula is C22H25N5O2S. The van der Waals surface area contributed by atoms with Gasteiger partial charge in [-0.2, -0.15) is 5.10 Å². The van der Waals surface area contributed by atoms with E-state index in [2.05, 4.69) is 35.0 Å². The number of aryl methyl sites for hydroxylation is 1. The van der Waals surface area contributed by atoms with Crippen LogP contribution in [0.1, 0.15) is 53.4 Å². The van der Waals surface area contributed by atoms with Crippen LogP contribution in [-0.2, 0) is 0 Å². The molecule has 0 spiro atoms. The number of aliphatic hydroxyl groups excluding tert-OH is 1. The van der Waals surface area contributed by atoms with Crippen molar-refractivity contribution in [2.24, 2.45) is 0 Å². The molecule has 156 valence electrons. The van der Waals surface area contributed by atoms with E-state index in [1.807, 2.05) is 28.6 Å². The molecule has 1 saturated heterocycles. The zero-order valence-electron chi connectivity index (χ0n) is 17.3. The molecule has 7 nitrogen and oxygen atoms in total. The summed E-state index contributed by atoms with van der Waals surface area (Å²) in [7, 11) is 0. The lowest BCUT2D eigenvalue weighted by atomic mass is 9.99. The molecule has 4 aromatic heterocycles. The molecule has 8 heteroatoms. The summed E-state index contributed by atoms with van der Waals surface area (Å²) in [5.41, 5.74) is 6.29. The van der Waals surface area contributed by atoms with Crippen LogP contribution in [0, 0.1) is 6.92 Å². The van der Waals surface area contributed by atoms with Gasteiger partial charge in [-0.25, -0.2) is 9.50 Å². The molecule has 0 saturated carbocycles. The van der Waals surface area contributed by atoms with E-state index in [1.165, 1.54) is 5.56 Å². The van der Waals surface area contributed by atoms with Gasteiger partial charge in [0.1, 0.15) is 6.33 Å². The Bertz CT molecular complexity index is 1240. The number of nitrogens with zero attached hydrogens (tertiary/aromatic N) is 4. The number of piperidine rings is 1. The number of carbonyl (C=O) groups is 1. The first-order valence-corrected chi connectivity index (χ1v) is 11.2. The molecule has 0 aliphatic carbocycles. The zero-order chi connectivity index (χ0) is 21.0. The van der Waals surface area contributed by atoms with Crippen molar-refractivity contribution in [1.82, 2.24) is 24.5 Å². The summed E-state index contributed by atoms with van der Waals surface area (Å²) in [6.45, 7) is 7.64. The third-order valence-electron chi connectivity index (χ3n) is 5.89. The number of hydrogen-bond donors (Lipinski definition) is 2. The summed E-state index contributed by atoms with van der Waals surface area (Å²) in [5.74, 6) is 0.361. The first-order valence-electron chi connectivity index (χ1n) is 10.4. The maximum absolute atomic E-state index is 13.0. The van der Waals surface area contributed by atoms with Crippen molar-refractivity contribution in [3.63, 3.8) is 0 Å². The maximum Gasteiger partial charge on any atom is 0.264 e. The summed E-state index contributed by atoms with van der Waals surface area (Å²) in [4.78, 5) is 23.5. The monoisotopic (exact) mass is 423 g/mol. The fourth-order valence-electron chi connectivity index (χ4n) is 4.34. The van der Waals surface area contributed by atoms with Crippen LogP contribution in [0.4, 0.5) is 0 Å². The fourth-order valence-corrected chi connectivity index (χ4v) is 5.62. The van der Waals surface area contributed by atoms with Crippen LogP contribution in [-0.4, -0.2) is 54.7 Å². The average molecular weight is 424 g/mol. The lowest BCUT2D eigenvalue weighted by Gasteiger charge is -2.29. The minimum absolute atomic E-state index is 0.0626. The molecule has 1 fully saturated rings. The number of aromatic amines is 1. The van der Waals surface area contributed by atoms with Crippen molar-refractivity contribution in [3.8, 4) is 11.3 Å². The van der Waals surface area contributed by atoms with Gasteiger partial charge in [-0.1, -0.05) is 13.8 Å². The predicted octanol–water partition coefficient (Wildman–Crippen LogP) is 3.97. The first-order chi connectivity index (χ1) is 14.4. The van der Waals surface area contributed by atoms with Gasteiger partial charge in [-0.3, -0.25) is 4.79 Å². The summed E-state index contributed by atoms with van der Waals surface area (Å²) < 4.78 is 2.94. The lowest BCUT2D eigenvalue weighted by molar-refractivity contribution is 0.0551. The molecule has 2 N–H and O–H groups in total. The van der Waals surface area contributed by atoms with Crippen molar-refractivity contribution < 1.29 is 9.90 Å². The second-order valence-electron chi connectivity index (χ2n) is 8.39. The van der Waals surface area contributed by atoms with Gasteiger partial charge in [0, 0.05) is 24.8 Å². The SMILES string of the molecule is Cc1cc(-c2[nH]c3cc(C(=O)N4CCC(O)CC4)sc3c2C(C)C)cn2ncnc12. The Labute approximate surface area is 178 Å². The van der Waals surface area contributed by atoms with Gasteiger partial charge in [0.05, 0.1) is 26.9 Å². The lowest BCUT2D eigenvalue weighted by Crippen LogP contribution is -2.39. The molecule has 0 aromatic carbocycles. The van der Waals surface area contributed by atoms with E-state index in [0.717, 1.165) is 37.6 Å². The molecular weight excluding hydrogens is 398 g/mol. The molecule has 4 aromatic rings. The van der Waals surface area contributed by atoms with Crippen LogP contribution >= 0.6 is 11.3 Å². The van der Waals surface area contributed by atoms with Crippen LogP contribution in [0.5, 0.6) is 0 Å². The Balaban J connectivity index is 1.56. The summed E-state index contributed by atoms with van der Waals surface area (Å²) in [5, 5.41) is 14.0. The number of thiophene rings is 1. The topological polar surface area (TPSA) is 86.5 Å². The Morgan fingerprint density at radius 1 is 1.30 bits per heavy atom. The second kappa shape index (κ2) is 7.21. The Hall–Kier alpha value is -2.71. The van der Waals surface area contributed by atoms with E-state index in [9.17, 15) is 9.90 Å². The number of fused-ring (bicyclic) bond motifs is 2. The number of H-pyrrole nitrogens is 1. The van der Waals surface area contributed by atoms with E-state index in [4.69, 9.17) is 0 Å². The van der Waals surface area contributed by atoms with E-state index >= 15 is 0 Å². The minimum Gasteiger partial charge on any atom is -0.393 e. The highest BCUT2D eigenvalue weighted by atomic mass is 32.1. The van der Waals surface area contributed by atoms with Crippen LogP contribution in [0.15, 0.2) is 24.7 Å². The van der Waals surface area contributed by atoms with Gasteiger partial charge in [0.2, 0.25) is 0 Å².